The summed E-state index contributed by atoms with van der Waals surface area (Å²) in [5, 5.41) is 7.23. The number of aromatic nitrogens is 2. The van der Waals surface area contributed by atoms with Crippen molar-refractivity contribution >= 4 is 17.5 Å². The fraction of sp³-hybridized carbons (Fsp3) is 0.370. The largest absolute Gasteiger partial charge is 0.493 e. The van der Waals surface area contributed by atoms with Gasteiger partial charge in [-0.3, -0.25) is 9.59 Å². The summed E-state index contributed by atoms with van der Waals surface area (Å²) in [5.41, 5.74) is 2.06. The molecule has 3 heterocycles. The first-order valence-electron chi connectivity index (χ1n) is 12.2. The first-order chi connectivity index (χ1) is 17.6. The minimum absolute atomic E-state index is 0.00416. The second-order valence-corrected chi connectivity index (χ2v) is 9.03. The Morgan fingerprint density at radius 1 is 1.03 bits per heavy atom. The first-order valence-corrected chi connectivity index (χ1v) is 12.2. The van der Waals surface area contributed by atoms with Crippen LogP contribution in [0.5, 0.6) is 11.5 Å². The van der Waals surface area contributed by atoms with Crippen LogP contribution in [0.1, 0.15) is 29.6 Å². The van der Waals surface area contributed by atoms with E-state index in [9.17, 15) is 9.59 Å². The van der Waals surface area contributed by atoms with Crippen molar-refractivity contribution in [3.8, 4) is 17.2 Å². The zero-order chi connectivity index (χ0) is 24.9. The number of hydrogen-bond donors (Lipinski definition) is 1. The summed E-state index contributed by atoms with van der Waals surface area (Å²) in [5.74, 6) is 1.28. The Bertz CT molecular complexity index is 1190. The molecule has 2 aliphatic rings. The molecule has 0 radical (unpaired) electrons. The van der Waals surface area contributed by atoms with E-state index in [4.69, 9.17) is 14.2 Å². The molecular formula is C27H30N4O5. The number of carbonyl (C=O) groups excluding carboxylic acids is 2. The molecule has 2 amide bonds. The molecule has 3 aromatic rings. The van der Waals surface area contributed by atoms with Gasteiger partial charge in [0.1, 0.15) is 6.10 Å². The van der Waals surface area contributed by atoms with Crippen LogP contribution in [-0.2, 0) is 9.53 Å². The van der Waals surface area contributed by atoms with Crippen LogP contribution in [0.4, 0.5) is 5.69 Å². The molecule has 0 spiro atoms. The Labute approximate surface area is 209 Å². The quantitative estimate of drug-likeness (QED) is 0.545. The van der Waals surface area contributed by atoms with Gasteiger partial charge in [-0.25, -0.2) is 4.68 Å². The number of methoxy groups -OCH3 is 1. The predicted octanol–water partition coefficient (Wildman–Crippen LogP) is 3.54. The molecule has 0 bridgehead atoms. The minimum Gasteiger partial charge on any atom is -0.493 e. The van der Waals surface area contributed by atoms with E-state index in [0.29, 0.717) is 43.3 Å². The van der Waals surface area contributed by atoms with Crippen LogP contribution in [-0.4, -0.2) is 66.0 Å². The number of amides is 2. The highest BCUT2D eigenvalue weighted by Crippen LogP contribution is 2.29. The van der Waals surface area contributed by atoms with Crippen molar-refractivity contribution in [2.24, 2.45) is 5.92 Å². The zero-order valence-corrected chi connectivity index (χ0v) is 20.3. The van der Waals surface area contributed by atoms with Gasteiger partial charge in [-0.1, -0.05) is 12.1 Å². The Morgan fingerprint density at radius 3 is 2.47 bits per heavy atom. The molecular weight excluding hydrogens is 460 g/mol. The molecule has 2 saturated heterocycles. The van der Waals surface area contributed by atoms with E-state index in [0.717, 1.165) is 30.7 Å². The lowest BCUT2D eigenvalue weighted by atomic mass is 10.1. The maximum absolute atomic E-state index is 13.0. The summed E-state index contributed by atoms with van der Waals surface area (Å²) in [4.78, 5) is 27.2. The molecule has 2 aliphatic heterocycles. The second-order valence-electron chi connectivity index (χ2n) is 9.03. The summed E-state index contributed by atoms with van der Waals surface area (Å²) in [6, 6.07) is 14.9. The minimum atomic E-state index is -0.114. The third kappa shape index (κ3) is 5.36. The van der Waals surface area contributed by atoms with Crippen molar-refractivity contribution in [2.75, 3.05) is 38.7 Å². The lowest BCUT2D eigenvalue weighted by Gasteiger charge is -2.32. The van der Waals surface area contributed by atoms with E-state index in [-0.39, 0.29) is 23.8 Å². The van der Waals surface area contributed by atoms with E-state index < -0.39 is 0 Å². The molecule has 9 heteroatoms. The zero-order valence-electron chi connectivity index (χ0n) is 20.3. The van der Waals surface area contributed by atoms with E-state index in [1.165, 1.54) is 0 Å². The number of carbonyl (C=O) groups is 2. The number of nitrogens with one attached hydrogen (secondary N) is 1. The fourth-order valence-electron chi connectivity index (χ4n) is 4.53. The number of piperidine rings is 1. The van der Waals surface area contributed by atoms with Crippen molar-refractivity contribution in [2.45, 2.75) is 25.4 Å². The normalized spacial score (nSPS) is 18.1. The van der Waals surface area contributed by atoms with Gasteiger partial charge in [0.05, 0.1) is 43.4 Å². The number of hydrogen-bond acceptors (Lipinski definition) is 6. The number of benzene rings is 2. The van der Waals surface area contributed by atoms with Crippen LogP contribution in [0.15, 0.2) is 60.9 Å². The monoisotopic (exact) mass is 490 g/mol. The fourth-order valence-corrected chi connectivity index (χ4v) is 4.53. The molecule has 9 nitrogen and oxygen atoms in total. The van der Waals surface area contributed by atoms with E-state index in [1.54, 1.807) is 24.2 Å². The van der Waals surface area contributed by atoms with Gasteiger partial charge >= 0.3 is 0 Å². The summed E-state index contributed by atoms with van der Waals surface area (Å²) in [6.45, 7) is 2.35. The van der Waals surface area contributed by atoms with Crippen molar-refractivity contribution in [1.29, 1.82) is 0 Å². The highest BCUT2D eigenvalue weighted by molar-refractivity contribution is 5.94. The Hall–Kier alpha value is -3.85. The molecule has 1 N–H and O–H groups in total. The molecule has 2 aromatic carbocycles. The van der Waals surface area contributed by atoms with Crippen LogP contribution in [0.2, 0.25) is 0 Å². The van der Waals surface area contributed by atoms with E-state index in [1.807, 2.05) is 53.4 Å². The van der Waals surface area contributed by atoms with Crippen molar-refractivity contribution in [3.05, 3.63) is 66.5 Å². The van der Waals surface area contributed by atoms with Crippen LogP contribution in [0.25, 0.3) is 5.69 Å². The number of likely N-dealkylation sites (tertiary alicyclic amines) is 1. The van der Waals surface area contributed by atoms with Gasteiger partial charge in [-0.05, 0) is 42.8 Å². The van der Waals surface area contributed by atoms with Crippen LogP contribution >= 0.6 is 0 Å². The Kier molecular flexibility index (Phi) is 7.18. The highest BCUT2D eigenvalue weighted by Gasteiger charge is 2.26. The van der Waals surface area contributed by atoms with E-state index >= 15 is 0 Å². The number of anilines is 1. The molecule has 0 saturated carbocycles. The molecule has 1 atom stereocenters. The van der Waals surface area contributed by atoms with Gasteiger partial charge in [-0.2, -0.15) is 5.10 Å². The van der Waals surface area contributed by atoms with Crippen LogP contribution in [0.3, 0.4) is 0 Å². The van der Waals surface area contributed by atoms with Gasteiger partial charge in [-0.15, -0.1) is 0 Å². The third-order valence-electron chi connectivity index (χ3n) is 6.62. The average molecular weight is 491 g/mol. The summed E-state index contributed by atoms with van der Waals surface area (Å²) in [7, 11) is 1.63. The molecule has 36 heavy (non-hydrogen) atoms. The Balaban J connectivity index is 1.15. The molecule has 0 aliphatic carbocycles. The number of rotatable bonds is 7. The lowest BCUT2D eigenvalue weighted by Crippen LogP contribution is -2.41. The summed E-state index contributed by atoms with van der Waals surface area (Å²) >= 11 is 0. The summed E-state index contributed by atoms with van der Waals surface area (Å²) < 4.78 is 18.4. The Morgan fingerprint density at radius 2 is 1.78 bits per heavy atom. The molecule has 2 fully saturated rings. The second kappa shape index (κ2) is 10.8. The third-order valence-corrected chi connectivity index (χ3v) is 6.62. The van der Waals surface area contributed by atoms with E-state index in [2.05, 4.69) is 10.4 Å². The predicted molar refractivity (Wildman–Crippen MR) is 134 cm³/mol. The molecule has 0 unspecified atom stereocenters. The highest BCUT2D eigenvalue weighted by atomic mass is 16.5. The van der Waals surface area contributed by atoms with Crippen molar-refractivity contribution in [1.82, 2.24) is 14.7 Å². The first kappa shape index (κ1) is 23.9. The number of nitrogens with zero attached hydrogens (tertiary/aromatic N) is 3. The SMILES string of the molecule is COc1ccccc1OC1CCN(C(=O)c2ccc(-n3cc(NC(=O)[C@@H]4CCOC4)cn3)cc2)CC1. The topological polar surface area (TPSA) is 94.9 Å². The molecule has 1 aromatic heterocycles. The van der Waals surface area contributed by atoms with Crippen molar-refractivity contribution < 1.29 is 23.8 Å². The van der Waals surface area contributed by atoms with Crippen LogP contribution in [0, 0.1) is 5.92 Å². The summed E-state index contributed by atoms with van der Waals surface area (Å²) in [6.07, 6.45) is 5.68. The number of para-hydroxylation sites is 2. The smallest absolute Gasteiger partial charge is 0.253 e. The van der Waals surface area contributed by atoms with Gasteiger partial charge in [0.15, 0.2) is 11.5 Å². The van der Waals surface area contributed by atoms with Gasteiger partial charge in [0.2, 0.25) is 5.91 Å². The average Bonchev–Trinajstić information content (AvgIpc) is 3.62. The number of ether oxygens (including phenoxy) is 3. The van der Waals surface area contributed by atoms with Crippen molar-refractivity contribution in [3.63, 3.8) is 0 Å². The van der Waals surface area contributed by atoms with Crippen LogP contribution < -0.4 is 14.8 Å². The standard InChI is InChI=1S/C27H30N4O5/c1-34-24-4-2-3-5-25(24)36-23-10-13-30(14-11-23)27(33)19-6-8-22(9-7-19)31-17-21(16-28-31)29-26(32)20-12-15-35-18-20/h2-9,16-17,20,23H,10-15,18H2,1H3,(H,29,32)/t20-/m1/s1. The lowest BCUT2D eigenvalue weighted by molar-refractivity contribution is -0.119. The van der Waals surface area contributed by atoms with Gasteiger partial charge in [0.25, 0.3) is 5.91 Å². The maximum Gasteiger partial charge on any atom is 0.253 e. The van der Waals surface area contributed by atoms with Gasteiger partial charge in [0, 0.05) is 38.1 Å². The maximum atomic E-state index is 13.0. The molecule has 188 valence electrons. The molecule has 5 rings (SSSR count). The van der Waals surface area contributed by atoms with Gasteiger partial charge < -0.3 is 24.4 Å².